The van der Waals surface area contributed by atoms with E-state index in [1.165, 1.54) is 15.7 Å². The first-order chi connectivity index (χ1) is 17.9. The molecule has 2 fully saturated rings. The fraction of sp³-hybridized carbons (Fsp3) is 0.417. The molecule has 13 heteroatoms. The summed E-state index contributed by atoms with van der Waals surface area (Å²) in [7, 11) is 0. The number of ketones is 1. The SMILES string of the molecule is O=C1COc2cnc(N3C(=O)O[C@@H]4C[C@@H](NCCn5c(=O)cnc6cc(F)c(F)cc65)CC[C@@H]43)nc2C1. The number of nitrogens with one attached hydrogen (secondary N) is 1. The number of hydrogen-bond acceptors (Lipinski definition) is 9. The van der Waals surface area contributed by atoms with E-state index >= 15 is 0 Å². The van der Waals surface area contributed by atoms with Crippen LogP contribution in [0.15, 0.2) is 29.3 Å². The lowest BCUT2D eigenvalue weighted by molar-refractivity contribution is -0.121. The summed E-state index contributed by atoms with van der Waals surface area (Å²) in [5, 5.41) is 3.37. The molecule has 1 aromatic carbocycles. The number of aromatic nitrogens is 4. The lowest BCUT2D eigenvalue weighted by Gasteiger charge is -2.32. The van der Waals surface area contributed by atoms with Crippen molar-refractivity contribution < 1.29 is 27.8 Å². The van der Waals surface area contributed by atoms with Crippen molar-refractivity contribution in [3.05, 3.63) is 52.2 Å². The maximum absolute atomic E-state index is 13.8. The molecular formula is C24H22F2N6O5. The minimum absolute atomic E-state index is 0.0119. The molecule has 37 heavy (non-hydrogen) atoms. The molecule has 3 atom stereocenters. The quantitative estimate of drug-likeness (QED) is 0.541. The average Bonchev–Trinajstić information content (AvgIpc) is 3.21. The van der Waals surface area contributed by atoms with Crippen molar-refractivity contribution in [2.75, 3.05) is 18.1 Å². The molecule has 6 rings (SSSR count). The Labute approximate surface area is 208 Å². The minimum atomic E-state index is -1.05. The van der Waals surface area contributed by atoms with Crippen LogP contribution in [0, 0.1) is 11.6 Å². The summed E-state index contributed by atoms with van der Waals surface area (Å²) >= 11 is 0. The van der Waals surface area contributed by atoms with Crippen molar-refractivity contribution >= 4 is 28.9 Å². The number of carbonyl (C=O) groups excluding carboxylic acids is 2. The lowest BCUT2D eigenvalue weighted by Crippen LogP contribution is -2.47. The van der Waals surface area contributed by atoms with Gasteiger partial charge in [-0.2, -0.15) is 0 Å². The van der Waals surface area contributed by atoms with E-state index in [0.29, 0.717) is 30.8 Å². The Hall–Kier alpha value is -4.00. The minimum Gasteiger partial charge on any atom is -0.482 e. The largest absolute Gasteiger partial charge is 0.482 e. The molecule has 11 nitrogen and oxygen atoms in total. The molecule has 0 spiro atoms. The highest BCUT2D eigenvalue weighted by atomic mass is 19.2. The highest BCUT2D eigenvalue weighted by Gasteiger charge is 2.47. The van der Waals surface area contributed by atoms with Gasteiger partial charge in [-0.3, -0.25) is 9.59 Å². The molecule has 2 aliphatic heterocycles. The fourth-order valence-electron chi connectivity index (χ4n) is 5.20. The maximum Gasteiger partial charge on any atom is 0.417 e. The standard InChI is InChI=1S/C24H22F2N6O5/c25-14-7-16-19(8-15(14)26)31(22(34)10-28-16)4-3-27-12-1-2-18-20(5-12)37-24(35)32(18)23-29-9-21-17(30-23)6-13(33)11-36-21/h7-10,12,18,20,27H,1-6,11H2/t12-,18-,20+/m0/s1. The lowest BCUT2D eigenvalue weighted by atomic mass is 9.88. The number of hydrogen-bond donors (Lipinski definition) is 1. The molecule has 1 amide bonds. The molecule has 4 heterocycles. The Morgan fingerprint density at radius 3 is 2.78 bits per heavy atom. The van der Waals surface area contributed by atoms with E-state index in [9.17, 15) is 23.2 Å². The van der Waals surface area contributed by atoms with Crippen molar-refractivity contribution in [2.24, 2.45) is 0 Å². The third-order valence-electron chi connectivity index (χ3n) is 6.98. The van der Waals surface area contributed by atoms with Gasteiger partial charge < -0.3 is 19.4 Å². The van der Waals surface area contributed by atoms with Crippen molar-refractivity contribution in [3.63, 3.8) is 0 Å². The zero-order chi connectivity index (χ0) is 25.7. The van der Waals surface area contributed by atoms with Gasteiger partial charge in [-0.05, 0) is 12.8 Å². The summed E-state index contributed by atoms with van der Waals surface area (Å²) < 4.78 is 39.6. The highest BCUT2D eigenvalue weighted by Crippen LogP contribution is 2.35. The van der Waals surface area contributed by atoms with Crippen LogP contribution in [0.2, 0.25) is 0 Å². The number of ether oxygens (including phenoxy) is 2. The van der Waals surface area contributed by atoms with Crippen molar-refractivity contribution in [1.29, 1.82) is 0 Å². The Balaban J connectivity index is 1.11. The van der Waals surface area contributed by atoms with Crippen LogP contribution in [-0.2, 0) is 22.5 Å². The number of fused-ring (bicyclic) bond motifs is 3. The Morgan fingerprint density at radius 2 is 1.92 bits per heavy atom. The monoisotopic (exact) mass is 512 g/mol. The van der Waals surface area contributed by atoms with Crippen molar-refractivity contribution in [1.82, 2.24) is 24.8 Å². The third-order valence-corrected chi connectivity index (χ3v) is 6.98. The second-order valence-electron chi connectivity index (χ2n) is 9.31. The topological polar surface area (TPSA) is 129 Å². The van der Waals surface area contributed by atoms with Gasteiger partial charge in [0.1, 0.15) is 12.7 Å². The summed E-state index contributed by atoms with van der Waals surface area (Å²) in [5.41, 5.74) is 0.447. The number of carbonyl (C=O) groups is 2. The third kappa shape index (κ3) is 4.28. The first kappa shape index (κ1) is 23.4. The van der Waals surface area contributed by atoms with Crippen LogP contribution in [0.1, 0.15) is 25.0 Å². The summed E-state index contributed by atoms with van der Waals surface area (Å²) in [6.07, 6.45) is 3.68. The van der Waals surface area contributed by atoms with E-state index in [1.54, 1.807) is 0 Å². The number of halogens is 2. The first-order valence-corrected chi connectivity index (χ1v) is 12.0. The Kier molecular flexibility index (Phi) is 5.78. The molecule has 1 saturated carbocycles. The summed E-state index contributed by atoms with van der Waals surface area (Å²) in [5.74, 6) is -1.54. The molecule has 0 radical (unpaired) electrons. The predicted octanol–water partition coefficient (Wildman–Crippen LogP) is 1.50. The Morgan fingerprint density at radius 1 is 1.08 bits per heavy atom. The molecule has 3 aliphatic rings. The second kappa shape index (κ2) is 9.14. The molecular weight excluding hydrogens is 490 g/mol. The smallest absolute Gasteiger partial charge is 0.417 e. The molecule has 192 valence electrons. The van der Waals surface area contributed by atoms with E-state index in [1.807, 2.05) is 0 Å². The van der Waals surface area contributed by atoms with Crippen LogP contribution in [0.5, 0.6) is 5.75 Å². The summed E-state index contributed by atoms with van der Waals surface area (Å²) in [6.45, 7) is 0.602. The number of amides is 1. The number of rotatable bonds is 5. The van der Waals surface area contributed by atoms with Gasteiger partial charge in [-0.25, -0.2) is 33.4 Å². The van der Waals surface area contributed by atoms with E-state index in [4.69, 9.17) is 9.47 Å². The van der Waals surface area contributed by atoms with Gasteiger partial charge in [0.25, 0.3) is 5.56 Å². The Bertz CT molecular complexity index is 1480. The van der Waals surface area contributed by atoms with Gasteiger partial charge >= 0.3 is 6.09 Å². The zero-order valence-electron chi connectivity index (χ0n) is 19.5. The molecule has 0 unspecified atom stereocenters. The fourth-order valence-corrected chi connectivity index (χ4v) is 5.20. The average molecular weight is 512 g/mol. The van der Waals surface area contributed by atoms with Crippen LogP contribution in [0.3, 0.4) is 0 Å². The number of benzene rings is 1. The van der Waals surface area contributed by atoms with Gasteiger partial charge in [0.2, 0.25) is 5.95 Å². The normalized spacial score (nSPS) is 23.0. The van der Waals surface area contributed by atoms with Crippen LogP contribution < -0.4 is 20.5 Å². The van der Waals surface area contributed by atoms with E-state index in [2.05, 4.69) is 20.3 Å². The molecule has 1 N–H and O–H groups in total. The van der Waals surface area contributed by atoms with Crippen molar-refractivity contribution in [3.8, 4) is 5.75 Å². The first-order valence-electron chi connectivity index (χ1n) is 12.0. The van der Waals surface area contributed by atoms with Crippen molar-refractivity contribution in [2.45, 2.75) is 50.4 Å². The van der Waals surface area contributed by atoms with Gasteiger partial charge in [-0.1, -0.05) is 0 Å². The van der Waals surface area contributed by atoms with Crippen LogP contribution in [0.4, 0.5) is 19.5 Å². The molecule has 0 bridgehead atoms. The number of nitrogens with zero attached hydrogens (tertiary/aromatic N) is 5. The second-order valence-corrected chi connectivity index (χ2v) is 9.31. The van der Waals surface area contributed by atoms with Gasteiger partial charge in [0, 0.05) is 37.7 Å². The van der Waals surface area contributed by atoms with Gasteiger partial charge in [0.05, 0.1) is 41.6 Å². The number of anilines is 1. The molecule has 1 aliphatic carbocycles. The molecule has 1 saturated heterocycles. The van der Waals surface area contributed by atoms with E-state index in [-0.39, 0.29) is 60.5 Å². The maximum atomic E-state index is 13.8. The van der Waals surface area contributed by atoms with E-state index in [0.717, 1.165) is 24.8 Å². The number of Topliss-reactive ketones (excluding diaryl/α,β-unsaturated/α-hetero) is 1. The summed E-state index contributed by atoms with van der Waals surface area (Å²) in [6, 6.07) is 1.71. The molecule has 2 aromatic heterocycles. The highest BCUT2D eigenvalue weighted by molar-refractivity contribution is 5.89. The summed E-state index contributed by atoms with van der Waals surface area (Å²) in [4.78, 5) is 50.8. The molecule has 3 aromatic rings. The van der Waals surface area contributed by atoms with Gasteiger partial charge in [0.15, 0.2) is 23.2 Å². The zero-order valence-corrected chi connectivity index (χ0v) is 19.5. The predicted molar refractivity (Wildman–Crippen MR) is 124 cm³/mol. The van der Waals surface area contributed by atoms with Crippen LogP contribution >= 0.6 is 0 Å². The van der Waals surface area contributed by atoms with Crippen LogP contribution in [-0.4, -0.2) is 62.7 Å². The van der Waals surface area contributed by atoms with Gasteiger partial charge in [-0.15, -0.1) is 0 Å². The van der Waals surface area contributed by atoms with E-state index < -0.39 is 23.3 Å². The van der Waals surface area contributed by atoms with Crippen LogP contribution in [0.25, 0.3) is 11.0 Å².